The molecule has 240 valence electrons. The number of aryl methyl sites for hydroxylation is 1. The van der Waals surface area contributed by atoms with Crippen LogP contribution < -0.4 is 9.46 Å². The lowest BCUT2D eigenvalue weighted by Crippen LogP contribution is -2.21. The van der Waals surface area contributed by atoms with Gasteiger partial charge in [-0.3, -0.25) is 9.98 Å². The third-order valence-electron chi connectivity index (χ3n) is 7.36. The summed E-state index contributed by atoms with van der Waals surface area (Å²) in [5.74, 6) is 0.234. The summed E-state index contributed by atoms with van der Waals surface area (Å²) in [4.78, 5) is 20.0. The SMILES string of the molecule is CCC/N=C(/c1cc2c(-c3cc(F)cc(CNS(C)(=O)=O)c3)cccc2[nH]1)c1nc(-c2cncc(OCCN(C)C)c2)ccc1C. The minimum Gasteiger partial charge on any atom is -0.491 e. The van der Waals surface area contributed by atoms with Gasteiger partial charge in [0.2, 0.25) is 10.0 Å². The Labute approximate surface area is 269 Å². The number of pyridine rings is 2. The molecule has 0 fully saturated rings. The van der Waals surface area contributed by atoms with Crippen molar-refractivity contribution in [3.63, 3.8) is 0 Å². The number of aromatic nitrogens is 3. The molecule has 3 aromatic heterocycles. The van der Waals surface area contributed by atoms with Crippen molar-refractivity contribution in [3.05, 3.63) is 101 Å². The Hall–Kier alpha value is -4.45. The molecule has 0 atom stereocenters. The largest absolute Gasteiger partial charge is 0.491 e. The van der Waals surface area contributed by atoms with Crippen molar-refractivity contribution in [2.45, 2.75) is 26.8 Å². The lowest BCUT2D eigenvalue weighted by molar-refractivity contribution is 0.261. The van der Waals surface area contributed by atoms with Gasteiger partial charge in [-0.25, -0.2) is 22.5 Å². The number of hydrogen-bond acceptors (Lipinski definition) is 7. The zero-order chi connectivity index (χ0) is 32.8. The molecule has 0 spiro atoms. The molecule has 5 aromatic rings. The van der Waals surface area contributed by atoms with E-state index in [9.17, 15) is 12.8 Å². The highest BCUT2D eigenvalue weighted by Gasteiger charge is 2.18. The standard InChI is InChI=1S/C35H39FN6O3S/c1-6-12-38-35(34-23(2)10-11-31(41-34)26-18-28(22-37-21-26)45-14-13-42(3)4)33-19-30-29(8-7-9-32(30)40-33)25-15-24(16-27(36)17-25)20-39-46(5,43)44/h7-11,15-19,21-22,39-40H,6,12-14,20H2,1-5H3/b38-35-. The van der Waals surface area contributed by atoms with Crippen molar-refractivity contribution in [3.8, 4) is 28.1 Å². The van der Waals surface area contributed by atoms with E-state index in [4.69, 9.17) is 14.7 Å². The predicted octanol–water partition coefficient (Wildman–Crippen LogP) is 5.98. The minimum atomic E-state index is -3.43. The van der Waals surface area contributed by atoms with E-state index in [1.54, 1.807) is 18.5 Å². The molecule has 2 N–H and O–H groups in total. The first-order valence-electron chi connectivity index (χ1n) is 15.1. The van der Waals surface area contributed by atoms with Gasteiger partial charge in [0.15, 0.2) is 0 Å². The number of aliphatic imine (C=N–C) groups is 1. The molecule has 0 unspecified atom stereocenters. The van der Waals surface area contributed by atoms with Gasteiger partial charge in [0.05, 0.1) is 29.5 Å². The molecule has 0 bridgehead atoms. The molecule has 0 saturated carbocycles. The number of nitrogens with zero attached hydrogens (tertiary/aromatic N) is 4. The van der Waals surface area contributed by atoms with E-state index in [1.165, 1.54) is 12.1 Å². The van der Waals surface area contributed by atoms with Crippen molar-refractivity contribution in [2.75, 3.05) is 40.0 Å². The normalized spacial score (nSPS) is 12.3. The van der Waals surface area contributed by atoms with E-state index in [-0.39, 0.29) is 6.54 Å². The van der Waals surface area contributed by atoms with Crippen molar-refractivity contribution < 1.29 is 17.5 Å². The molecule has 0 aliphatic heterocycles. The highest BCUT2D eigenvalue weighted by Crippen LogP contribution is 2.32. The topological polar surface area (TPSA) is 113 Å². The molecule has 0 saturated heterocycles. The van der Waals surface area contributed by atoms with E-state index in [2.05, 4.69) is 26.5 Å². The maximum absolute atomic E-state index is 14.7. The molecule has 0 amide bonds. The van der Waals surface area contributed by atoms with Gasteiger partial charge in [0, 0.05) is 42.3 Å². The number of likely N-dealkylation sites (N-methyl/N-ethyl adjacent to an activating group) is 1. The van der Waals surface area contributed by atoms with Crippen molar-refractivity contribution in [1.29, 1.82) is 0 Å². The van der Waals surface area contributed by atoms with E-state index in [1.807, 2.05) is 63.5 Å². The van der Waals surface area contributed by atoms with Crippen molar-refractivity contribution in [2.24, 2.45) is 4.99 Å². The van der Waals surface area contributed by atoms with Crippen LogP contribution in [0.15, 0.2) is 78.0 Å². The number of nitrogens with one attached hydrogen (secondary N) is 2. The van der Waals surface area contributed by atoms with E-state index in [0.29, 0.717) is 30.0 Å². The quantitative estimate of drug-likeness (QED) is 0.153. The van der Waals surface area contributed by atoms with Gasteiger partial charge in [-0.05, 0) is 92.2 Å². The molecule has 2 aromatic carbocycles. The number of hydrogen-bond donors (Lipinski definition) is 2. The van der Waals surface area contributed by atoms with Gasteiger partial charge in [-0.2, -0.15) is 0 Å². The van der Waals surface area contributed by atoms with Crippen LogP contribution in [0.1, 0.15) is 35.9 Å². The molecule has 0 aliphatic rings. The van der Waals surface area contributed by atoms with Crippen LogP contribution in [0, 0.1) is 12.7 Å². The Kier molecular flexibility index (Phi) is 10.3. The number of benzene rings is 2. The average molecular weight is 643 g/mol. The molecule has 0 radical (unpaired) electrons. The Morgan fingerprint density at radius 3 is 2.65 bits per heavy atom. The van der Waals surface area contributed by atoms with Gasteiger partial charge < -0.3 is 14.6 Å². The zero-order valence-electron chi connectivity index (χ0n) is 26.8. The lowest BCUT2D eigenvalue weighted by Gasteiger charge is -2.13. The summed E-state index contributed by atoms with van der Waals surface area (Å²) in [5, 5.41) is 0.884. The van der Waals surface area contributed by atoms with E-state index in [0.717, 1.165) is 69.6 Å². The van der Waals surface area contributed by atoms with E-state index < -0.39 is 15.8 Å². The minimum absolute atomic E-state index is 0.00625. The summed E-state index contributed by atoms with van der Waals surface area (Å²) in [7, 11) is 0.573. The number of sulfonamides is 1. The first-order valence-corrected chi connectivity index (χ1v) is 17.0. The highest BCUT2D eigenvalue weighted by molar-refractivity contribution is 7.88. The summed E-state index contributed by atoms with van der Waals surface area (Å²) in [6.07, 6.45) is 5.41. The van der Waals surface area contributed by atoms with Gasteiger partial charge in [-0.15, -0.1) is 0 Å². The molecule has 46 heavy (non-hydrogen) atoms. The molecule has 11 heteroatoms. The van der Waals surface area contributed by atoms with Crippen LogP contribution in [-0.4, -0.2) is 74.0 Å². The van der Waals surface area contributed by atoms with Crippen LogP contribution in [0.25, 0.3) is 33.3 Å². The lowest BCUT2D eigenvalue weighted by atomic mass is 9.99. The number of fused-ring (bicyclic) bond motifs is 1. The molecular weight excluding hydrogens is 603 g/mol. The van der Waals surface area contributed by atoms with Crippen LogP contribution in [0.3, 0.4) is 0 Å². The van der Waals surface area contributed by atoms with Crippen LogP contribution in [0.5, 0.6) is 5.75 Å². The average Bonchev–Trinajstić information content (AvgIpc) is 3.45. The first-order chi connectivity index (χ1) is 22.0. The predicted molar refractivity (Wildman–Crippen MR) is 182 cm³/mol. The molecule has 9 nitrogen and oxygen atoms in total. The number of aromatic amines is 1. The van der Waals surface area contributed by atoms with Crippen molar-refractivity contribution in [1.82, 2.24) is 24.6 Å². The van der Waals surface area contributed by atoms with Crippen LogP contribution in [0.4, 0.5) is 4.39 Å². The number of rotatable bonds is 13. The molecular formula is C35H39FN6O3S. The summed E-state index contributed by atoms with van der Waals surface area (Å²) < 4.78 is 46.4. The second kappa shape index (κ2) is 14.3. The van der Waals surface area contributed by atoms with Gasteiger partial charge in [0.25, 0.3) is 0 Å². The number of H-pyrrole nitrogens is 1. The maximum Gasteiger partial charge on any atom is 0.209 e. The van der Waals surface area contributed by atoms with Crippen LogP contribution in [0.2, 0.25) is 0 Å². The fourth-order valence-electron chi connectivity index (χ4n) is 5.08. The zero-order valence-corrected chi connectivity index (χ0v) is 27.6. The molecule has 5 rings (SSSR count). The van der Waals surface area contributed by atoms with E-state index >= 15 is 0 Å². The first kappa shape index (κ1) is 32.9. The smallest absolute Gasteiger partial charge is 0.209 e. The Morgan fingerprint density at radius 2 is 1.89 bits per heavy atom. The molecule has 0 aliphatic carbocycles. The van der Waals surface area contributed by atoms with Crippen molar-refractivity contribution >= 4 is 26.6 Å². The van der Waals surface area contributed by atoms with Gasteiger partial charge in [-0.1, -0.05) is 25.1 Å². The Morgan fingerprint density at radius 1 is 1.07 bits per heavy atom. The maximum atomic E-state index is 14.7. The fourth-order valence-corrected chi connectivity index (χ4v) is 5.51. The summed E-state index contributed by atoms with van der Waals surface area (Å²) in [6, 6.07) is 18.4. The number of halogens is 1. The second-order valence-electron chi connectivity index (χ2n) is 11.5. The summed E-state index contributed by atoms with van der Waals surface area (Å²) in [6.45, 7) is 6.04. The van der Waals surface area contributed by atoms with Crippen LogP contribution >= 0.6 is 0 Å². The van der Waals surface area contributed by atoms with Crippen LogP contribution in [-0.2, 0) is 16.6 Å². The highest BCUT2D eigenvalue weighted by atomic mass is 32.2. The fraction of sp³-hybridized carbons (Fsp3) is 0.286. The van der Waals surface area contributed by atoms with Gasteiger partial charge >= 0.3 is 0 Å². The third kappa shape index (κ3) is 8.22. The third-order valence-corrected chi connectivity index (χ3v) is 8.03. The Bertz CT molecular complexity index is 1990. The second-order valence-corrected chi connectivity index (χ2v) is 13.4. The Balaban J connectivity index is 1.54. The summed E-state index contributed by atoms with van der Waals surface area (Å²) >= 11 is 0. The number of ether oxygens (including phenoxy) is 1. The summed E-state index contributed by atoms with van der Waals surface area (Å²) in [5.41, 5.74) is 7.66. The van der Waals surface area contributed by atoms with Gasteiger partial charge in [0.1, 0.15) is 23.9 Å². The molecule has 3 heterocycles. The monoisotopic (exact) mass is 642 g/mol.